The third-order valence-corrected chi connectivity index (χ3v) is 4.11. The predicted molar refractivity (Wildman–Crippen MR) is 85.5 cm³/mol. The lowest BCUT2D eigenvalue weighted by Gasteiger charge is -2.20. The van der Waals surface area contributed by atoms with Crippen molar-refractivity contribution in [3.63, 3.8) is 0 Å². The molecule has 1 aliphatic rings. The number of likely N-dealkylation sites (tertiary alicyclic amines) is 1. The van der Waals surface area contributed by atoms with Gasteiger partial charge in [0.25, 0.3) is 0 Å². The van der Waals surface area contributed by atoms with Crippen LogP contribution in [0.25, 0.3) is 0 Å². The lowest BCUT2D eigenvalue weighted by molar-refractivity contribution is -0.135. The smallest absolute Gasteiger partial charge is 0.228 e. The molecule has 1 atom stereocenters. The maximum absolute atomic E-state index is 12.6. The van der Waals surface area contributed by atoms with E-state index in [1.807, 2.05) is 19.1 Å². The van der Waals surface area contributed by atoms with Gasteiger partial charge in [-0.1, -0.05) is 11.2 Å². The van der Waals surface area contributed by atoms with E-state index in [9.17, 15) is 9.59 Å². The Morgan fingerprint density at radius 3 is 3.00 bits per heavy atom. The monoisotopic (exact) mass is 328 g/mol. The summed E-state index contributed by atoms with van der Waals surface area (Å²) >= 11 is 0. The van der Waals surface area contributed by atoms with Crippen molar-refractivity contribution in [2.24, 2.45) is 5.92 Å². The minimum Gasteiger partial charge on any atom is -0.359 e. The topological polar surface area (TPSA) is 79.5 Å². The first-order chi connectivity index (χ1) is 11.5. The number of hydrogen-bond donors (Lipinski definition) is 0. The number of rotatable bonds is 5. The van der Waals surface area contributed by atoms with Gasteiger partial charge in [0.15, 0.2) is 5.76 Å². The minimum atomic E-state index is -0.316. The molecule has 0 bridgehead atoms. The lowest BCUT2D eigenvalue weighted by Crippen LogP contribution is -2.34. The van der Waals surface area contributed by atoms with Crippen LogP contribution in [0.3, 0.4) is 0 Å². The van der Waals surface area contributed by atoms with Crippen molar-refractivity contribution in [1.82, 2.24) is 19.9 Å². The fourth-order valence-electron chi connectivity index (χ4n) is 2.92. The van der Waals surface area contributed by atoms with Gasteiger partial charge in [-0.05, 0) is 18.6 Å². The van der Waals surface area contributed by atoms with E-state index in [2.05, 4.69) is 10.1 Å². The van der Waals surface area contributed by atoms with Crippen molar-refractivity contribution in [2.45, 2.75) is 26.4 Å². The van der Waals surface area contributed by atoms with Crippen LogP contribution in [0.5, 0.6) is 0 Å². The first-order valence-electron chi connectivity index (χ1n) is 7.87. The molecule has 0 N–H and O–H groups in total. The van der Waals surface area contributed by atoms with Gasteiger partial charge < -0.3 is 14.3 Å². The molecule has 0 unspecified atom stereocenters. The third-order valence-electron chi connectivity index (χ3n) is 4.11. The molecule has 7 nitrogen and oxygen atoms in total. The third kappa shape index (κ3) is 3.61. The zero-order valence-electron chi connectivity index (χ0n) is 13.8. The Kier molecular flexibility index (Phi) is 4.59. The second-order valence-corrected chi connectivity index (χ2v) is 6.17. The summed E-state index contributed by atoms with van der Waals surface area (Å²) in [6, 6.07) is 5.57. The number of hydrogen-bond acceptors (Lipinski definition) is 5. The minimum absolute atomic E-state index is 0.00103. The van der Waals surface area contributed by atoms with Crippen molar-refractivity contribution in [1.29, 1.82) is 0 Å². The molecule has 7 heteroatoms. The molecule has 2 amide bonds. The lowest BCUT2D eigenvalue weighted by atomic mass is 10.1. The maximum Gasteiger partial charge on any atom is 0.228 e. The van der Waals surface area contributed by atoms with Gasteiger partial charge in [-0.15, -0.1) is 0 Å². The van der Waals surface area contributed by atoms with Crippen molar-refractivity contribution in [3.05, 3.63) is 47.6 Å². The Morgan fingerprint density at radius 1 is 1.50 bits per heavy atom. The predicted octanol–water partition coefficient (Wildman–Crippen LogP) is 1.39. The van der Waals surface area contributed by atoms with Gasteiger partial charge in [0.1, 0.15) is 0 Å². The van der Waals surface area contributed by atoms with Crippen LogP contribution in [0.2, 0.25) is 0 Å². The van der Waals surface area contributed by atoms with E-state index in [4.69, 9.17) is 4.52 Å². The van der Waals surface area contributed by atoms with E-state index in [-0.39, 0.29) is 24.2 Å². The average Bonchev–Trinajstić information content (AvgIpc) is 3.14. The highest BCUT2D eigenvalue weighted by molar-refractivity contribution is 5.89. The van der Waals surface area contributed by atoms with Gasteiger partial charge in [0.05, 0.1) is 18.2 Å². The molecule has 24 heavy (non-hydrogen) atoms. The van der Waals surface area contributed by atoms with E-state index in [0.29, 0.717) is 25.4 Å². The molecule has 1 fully saturated rings. The number of amides is 2. The fourth-order valence-corrected chi connectivity index (χ4v) is 2.92. The first kappa shape index (κ1) is 16.2. The molecular formula is C17H20N4O3. The van der Waals surface area contributed by atoms with Crippen molar-refractivity contribution >= 4 is 11.8 Å². The molecule has 0 aliphatic carbocycles. The Bertz CT molecular complexity index is 728. The molecule has 0 radical (unpaired) electrons. The van der Waals surface area contributed by atoms with Gasteiger partial charge in [-0.25, -0.2) is 0 Å². The molecule has 1 saturated heterocycles. The Balaban J connectivity index is 1.59. The maximum atomic E-state index is 12.6. The van der Waals surface area contributed by atoms with Crippen LogP contribution in [-0.2, 0) is 22.7 Å². The summed E-state index contributed by atoms with van der Waals surface area (Å²) in [5, 5.41) is 3.82. The van der Waals surface area contributed by atoms with Crippen LogP contribution in [-0.4, -0.2) is 45.3 Å². The van der Waals surface area contributed by atoms with Crippen LogP contribution >= 0.6 is 0 Å². The summed E-state index contributed by atoms with van der Waals surface area (Å²) in [5.74, 6) is 0.273. The highest BCUT2D eigenvalue weighted by atomic mass is 16.5. The van der Waals surface area contributed by atoms with E-state index >= 15 is 0 Å². The molecule has 0 aromatic carbocycles. The van der Waals surface area contributed by atoms with E-state index in [1.54, 1.807) is 35.3 Å². The van der Waals surface area contributed by atoms with Crippen LogP contribution in [0.15, 0.2) is 35.1 Å². The summed E-state index contributed by atoms with van der Waals surface area (Å²) in [6.07, 6.45) is 3.68. The van der Waals surface area contributed by atoms with Gasteiger partial charge in [0, 0.05) is 45.0 Å². The average molecular weight is 328 g/mol. The van der Waals surface area contributed by atoms with Crippen molar-refractivity contribution < 1.29 is 14.1 Å². The molecule has 3 heterocycles. The Labute approximate surface area is 140 Å². The molecule has 126 valence electrons. The molecular weight excluding hydrogens is 308 g/mol. The molecule has 0 saturated carbocycles. The fraction of sp³-hybridized carbons (Fsp3) is 0.412. The quantitative estimate of drug-likeness (QED) is 0.828. The van der Waals surface area contributed by atoms with Crippen molar-refractivity contribution in [2.75, 3.05) is 13.6 Å². The second-order valence-electron chi connectivity index (χ2n) is 6.17. The SMILES string of the molecule is Cc1cc(CN(C)C(=O)[C@@H]2CC(=O)N(Cc3cccnc3)C2)on1. The number of aromatic nitrogens is 2. The Hall–Kier alpha value is -2.70. The first-order valence-corrected chi connectivity index (χ1v) is 7.87. The largest absolute Gasteiger partial charge is 0.359 e. The molecule has 3 rings (SSSR count). The normalized spacial score (nSPS) is 17.3. The highest BCUT2D eigenvalue weighted by Crippen LogP contribution is 2.22. The number of aryl methyl sites for hydroxylation is 1. The second kappa shape index (κ2) is 6.82. The van der Waals surface area contributed by atoms with Crippen LogP contribution < -0.4 is 0 Å². The zero-order chi connectivity index (χ0) is 17.1. The molecule has 2 aromatic heterocycles. The van der Waals surface area contributed by atoms with Gasteiger partial charge >= 0.3 is 0 Å². The molecule has 0 spiro atoms. The number of carbonyl (C=O) groups is 2. The summed E-state index contributed by atoms with van der Waals surface area (Å²) in [6.45, 7) is 3.11. The molecule has 1 aliphatic heterocycles. The zero-order valence-corrected chi connectivity index (χ0v) is 13.8. The summed E-state index contributed by atoms with van der Waals surface area (Å²) in [4.78, 5) is 32.1. The number of carbonyl (C=O) groups excluding carboxylic acids is 2. The summed E-state index contributed by atoms with van der Waals surface area (Å²) < 4.78 is 5.14. The number of nitrogens with zero attached hydrogens (tertiary/aromatic N) is 4. The van der Waals surface area contributed by atoms with Crippen LogP contribution in [0, 0.1) is 12.8 Å². The van der Waals surface area contributed by atoms with Gasteiger partial charge in [0.2, 0.25) is 11.8 Å². The van der Waals surface area contributed by atoms with Crippen LogP contribution in [0.1, 0.15) is 23.4 Å². The van der Waals surface area contributed by atoms with E-state index in [1.165, 1.54) is 0 Å². The van der Waals surface area contributed by atoms with Gasteiger partial charge in [-0.2, -0.15) is 0 Å². The van der Waals surface area contributed by atoms with Crippen molar-refractivity contribution in [3.8, 4) is 0 Å². The highest BCUT2D eigenvalue weighted by Gasteiger charge is 2.35. The standard InChI is InChI=1S/C17H20N4O3/c1-12-6-15(24-19-12)11-20(2)17(23)14-7-16(22)21(10-14)9-13-4-3-5-18-8-13/h3-6,8,14H,7,9-11H2,1-2H3/t14-/m1/s1. The number of pyridine rings is 1. The Morgan fingerprint density at radius 2 is 2.33 bits per heavy atom. The van der Waals surface area contributed by atoms with Crippen LogP contribution in [0.4, 0.5) is 0 Å². The van der Waals surface area contributed by atoms with E-state index in [0.717, 1.165) is 11.3 Å². The summed E-state index contributed by atoms with van der Waals surface area (Å²) in [5.41, 5.74) is 1.74. The van der Waals surface area contributed by atoms with E-state index < -0.39 is 0 Å². The van der Waals surface area contributed by atoms with Gasteiger partial charge in [-0.3, -0.25) is 14.6 Å². The summed E-state index contributed by atoms with van der Waals surface area (Å²) in [7, 11) is 1.72. The molecule has 2 aromatic rings.